The molecule has 3 aromatic rings. The monoisotopic (exact) mass is 260 g/mol. The summed E-state index contributed by atoms with van der Waals surface area (Å²) < 4.78 is 2.09. The van der Waals surface area contributed by atoms with Crippen LogP contribution in [0.25, 0.3) is 11.6 Å². The van der Waals surface area contributed by atoms with Crippen LogP contribution in [-0.2, 0) is 6.54 Å². The van der Waals surface area contributed by atoms with Crippen LogP contribution in [0.2, 0.25) is 0 Å². The molecule has 0 N–H and O–H groups in total. The summed E-state index contributed by atoms with van der Waals surface area (Å²) in [5.74, 6) is 0. The highest BCUT2D eigenvalue weighted by Crippen LogP contribution is 2.20. The molecule has 0 atom stereocenters. The quantitative estimate of drug-likeness (QED) is 0.645. The van der Waals surface area contributed by atoms with Gasteiger partial charge in [0, 0.05) is 18.9 Å². The van der Waals surface area contributed by atoms with Gasteiger partial charge in [0.15, 0.2) is 0 Å². The van der Waals surface area contributed by atoms with Gasteiger partial charge in [0.2, 0.25) is 0 Å². The lowest BCUT2D eigenvalue weighted by Crippen LogP contribution is -1.98. The van der Waals surface area contributed by atoms with E-state index in [4.69, 9.17) is 0 Å². The van der Waals surface area contributed by atoms with Crippen molar-refractivity contribution < 1.29 is 0 Å². The molecule has 2 nitrogen and oxygen atoms in total. The van der Waals surface area contributed by atoms with Crippen molar-refractivity contribution in [2.75, 3.05) is 0 Å². The van der Waals surface area contributed by atoms with Crippen molar-refractivity contribution in [3.8, 4) is 0 Å². The first-order valence-corrected chi connectivity index (χ1v) is 6.68. The summed E-state index contributed by atoms with van der Waals surface area (Å²) >= 11 is 0. The molecule has 0 amide bonds. The number of imidazole rings is 1. The van der Waals surface area contributed by atoms with Gasteiger partial charge in [0.1, 0.15) is 0 Å². The fraction of sp³-hybridized carbons (Fsp3) is 0.0556. The Morgan fingerprint density at radius 2 is 1.65 bits per heavy atom. The van der Waals surface area contributed by atoms with Crippen molar-refractivity contribution in [2.24, 2.45) is 0 Å². The number of hydrogen-bond acceptors (Lipinski definition) is 1. The van der Waals surface area contributed by atoms with Crippen LogP contribution in [0.4, 0.5) is 0 Å². The van der Waals surface area contributed by atoms with E-state index in [-0.39, 0.29) is 0 Å². The SMILES string of the molecule is C(=C(/Cn1ccnc1)c1ccccc1)/c1ccccc1. The summed E-state index contributed by atoms with van der Waals surface area (Å²) in [6.07, 6.45) is 7.88. The Kier molecular flexibility index (Phi) is 3.74. The summed E-state index contributed by atoms with van der Waals surface area (Å²) in [7, 11) is 0. The fourth-order valence-corrected chi connectivity index (χ4v) is 2.20. The van der Waals surface area contributed by atoms with Crippen molar-refractivity contribution >= 4 is 11.6 Å². The lowest BCUT2D eigenvalue weighted by molar-refractivity contribution is 0.836. The molecule has 0 bridgehead atoms. The van der Waals surface area contributed by atoms with Crippen molar-refractivity contribution in [2.45, 2.75) is 6.54 Å². The molecule has 0 aliphatic heterocycles. The first-order chi connectivity index (χ1) is 9.92. The molecule has 2 aromatic carbocycles. The maximum Gasteiger partial charge on any atom is 0.0949 e. The summed E-state index contributed by atoms with van der Waals surface area (Å²) in [4.78, 5) is 4.11. The highest BCUT2D eigenvalue weighted by atomic mass is 15.0. The van der Waals surface area contributed by atoms with E-state index in [1.807, 2.05) is 30.9 Å². The van der Waals surface area contributed by atoms with Crippen molar-refractivity contribution in [1.29, 1.82) is 0 Å². The van der Waals surface area contributed by atoms with Crippen LogP contribution in [0.5, 0.6) is 0 Å². The second-order valence-electron chi connectivity index (χ2n) is 4.68. The summed E-state index contributed by atoms with van der Waals surface area (Å²) in [6.45, 7) is 0.818. The van der Waals surface area contributed by atoms with Crippen LogP contribution in [0, 0.1) is 0 Å². The normalized spacial score (nSPS) is 11.5. The molecule has 20 heavy (non-hydrogen) atoms. The molecule has 0 fully saturated rings. The summed E-state index contributed by atoms with van der Waals surface area (Å²) in [5, 5.41) is 0. The van der Waals surface area contributed by atoms with Crippen LogP contribution in [0.15, 0.2) is 79.4 Å². The van der Waals surface area contributed by atoms with Gasteiger partial charge in [-0.25, -0.2) is 4.98 Å². The molecule has 0 aliphatic rings. The second-order valence-corrected chi connectivity index (χ2v) is 4.68. The molecule has 0 spiro atoms. The standard InChI is InChI=1S/C18H16N2/c1-3-7-16(8-4-1)13-18(14-20-12-11-19-15-20)17-9-5-2-6-10-17/h1-13,15H,14H2/b18-13+. The second kappa shape index (κ2) is 6.02. The van der Waals surface area contributed by atoms with Gasteiger partial charge in [-0.05, 0) is 22.8 Å². The Balaban J connectivity index is 1.97. The Morgan fingerprint density at radius 1 is 0.950 bits per heavy atom. The van der Waals surface area contributed by atoms with Gasteiger partial charge in [-0.1, -0.05) is 60.7 Å². The zero-order chi connectivity index (χ0) is 13.6. The molecule has 0 saturated heterocycles. The Morgan fingerprint density at radius 3 is 2.30 bits per heavy atom. The minimum Gasteiger partial charge on any atom is -0.333 e. The minimum atomic E-state index is 0.818. The van der Waals surface area contributed by atoms with Crippen molar-refractivity contribution in [3.63, 3.8) is 0 Å². The number of allylic oxidation sites excluding steroid dienone is 1. The molecule has 98 valence electrons. The van der Waals surface area contributed by atoms with Crippen LogP contribution in [0.3, 0.4) is 0 Å². The van der Waals surface area contributed by atoms with E-state index < -0.39 is 0 Å². The van der Waals surface area contributed by atoms with Crippen molar-refractivity contribution in [3.05, 3.63) is 90.5 Å². The first kappa shape index (κ1) is 12.4. The van der Waals surface area contributed by atoms with E-state index in [9.17, 15) is 0 Å². The molecule has 0 aliphatic carbocycles. The minimum absolute atomic E-state index is 0.818. The van der Waals surface area contributed by atoms with Gasteiger partial charge in [-0.15, -0.1) is 0 Å². The van der Waals surface area contributed by atoms with Gasteiger partial charge in [0.25, 0.3) is 0 Å². The molecule has 0 unspecified atom stereocenters. The largest absolute Gasteiger partial charge is 0.333 e. The number of nitrogens with zero attached hydrogens (tertiary/aromatic N) is 2. The van der Waals surface area contributed by atoms with Gasteiger partial charge in [0.05, 0.1) is 6.33 Å². The number of rotatable bonds is 4. The average Bonchev–Trinajstić information content (AvgIpc) is 3.02. The molecular weight excluding hydrogens is 244 g/mol. The molecule has 3 rings (SSSR count). The molecule has 0 radical (unpaired) electrons. The van der Waals surface area contributed by atoms with E-state index in [2.05, 4.69) is 64.2 Å². The zero-order valence-electron chi connectivity index (χ0n) is 11.2. The third kappa shape index (κ3) is 3.04. The first-order valence-electron chi connectivity index (χ1n) is 6.68. The predicted molar refractivity (Wildman–Crippen MR) is 83.0 cm³/mol. The molecule has 2 heteroatoms. The van der Waals surface area contributed by atoms with E-state index in [0.717, 1.165) is 6.54 Å². The number of benzene rings is 2. The average molecular weight is 260 g/mol. The summed E-state index contributed by atoms with van der Waals surface area (Å²) in [6, 6.07) is 20.9. The van der Waals surface area contributed by atoms with Gasteiger partial charge in [-0.3, -0.25) is 0 Å². The zero-order valence-corrected chi connectivity index (χ0v) is 11.2. The third-order valence-electron chi connectivity index (χ3n) is 3.20. The predicted octanol–water partition coefficient (Wildman–Crippen LogP) is 4.12. The Hall–Kier alpha value is -2.61. The molecular formula is C18H16N2. The van der Waals surface area contributed by atoms with Gasteiger partial charge >= 0.3 is 0 Å². The maximum atomic E-state index is 4.11. The van der Waals surface area contributed by atoms with Gasteiger partial charge in [-0.2, -0.15) is 0 Å². The highest BCUT2D eigenvalue weighted by Gasteiger charge is 2.02. The van der Waals surface area contributed by atoms with Crippen LogP contribution in [-0.4, -0.2) is 9.55 Å². The number of hydrogen-bond donors (Lipinski definition) is 0. The Labute approximate surface area is 119 Å². The smallest absolute Gasteiger partial charge is 0.0949 e. The van der Waals surface area contributed by atoms with Crippen LogP contribution in [0.1, 0.15) is 11.1 Å². The highest BCUT2D eigenvalue weighted by molar-refractivity contribution is 5.81. The molecule has 1 aromatic heterocycles. The van der Waals surface area contributed by atoms with E-state index in [1.165, 1.54) is 16.7 Å². The van der Waals surface area contributed by atoms with Crippen LogP contribution >= 0.6 is 0 Å². The van der Waals surface area contributed by atoms with Crippen LogP contribution < -0.4 is 0 Å². The third-order valence-corrected chi connectivity index (χ3v) is 3.20. The maximum absolute atomic E-state index is 4.11. The lowest BCUT2D eigenvalue weighted by atomic mass is 10.0. The van der Waals surface area contributed by atoms with Crippen molar-refractivity contribution in [1.82, 2.24) is 9.55 Å². The lowest BCUT2D eigenvalue weighted by Gasteiger charge is -2.09. The van der Waals surface area contributed by atoms with E-state index in [0.29, 0.717) is 0 Å². The van der Waals surface area contributed by atoms with Gasteiger partial charge < -0.3 is 4.57 Å². The topological polar surface area (TPSA) is 17.8 Å². The molecule has 0 saturated carbocycles. The van der Waals surface area contributed by atoms with E-state index in [1.54, 1.807) is 0 Å². The molecule has 1 heterocycles. The number of aromatic nitrogens is 2. The summed E-state index contributed by atoms with van der Waals surface area (Å²) in [5.41, 5.74) is 3.73. The van der Waals surface area contributed by atoms with E-state index >= 15 is 0 Å². The Bertz CT molecular complexity index is 668. The fourth-order valence-electron chi connectivity index (χ4n) is 2.20.